The Kier molecular flexibility index (Phi) is 4.55. The highest BCUT2D eigenvalue weighted by Gasteiger charge is 2.15. The van der Waals surface area contributed by atoms with E-state index in [9.17, 15) is 4.79 Å². The molecule has 0 aliphatic rings. The smallest absolute Gasteiger partial charge is 0.261 e. The summed E-state index contributed by atoms with van der Waals surface area (Å²) in [5, 5.41) is 12.0. The summed E-state index contributed by atoms with van der Waals surface area (Å²) in [6, 6.07) is 5.29. The Labute approximate surface area is 148 Å². The second kappa shape index (κ2) is 6.62. The fourth-order valence-corrected chi connectivity index (χ4v) is 2.68. The molecule has 124 valence electrons. The molecule has 1 N–H and O–H groups in total. The summed E-state index contributed by atoms with van der Waals surface area (Å²) in [6.07, 6.45) is 3.01. The molecule has 0 unspecified atom stereocenters. The molecular formula is C15H14Cl2N6O. The number of carbonyl (C=O) groups is 1. The average Bonchev–Trinajstić information content (AvgIpc) is 3.11. The zero-order valence-corrected chi connectivity index (χ0v) is 14.5. The van der Waals surface area contributed by atoms with Gasteiger partial charge in [0, 0.05) is 28.4 Å². The Morgan fingerprint density at radius 2 is 2.00 bits per heavy atom. The lowest BCUT2D eigenvalue weighted by Crippen LogP contribution is -2.14. The van der Waals surface area contributed by atoms with Gasteiger partial charge in [-0.2, -0.15) is 5.10 Å². The maximum Gasteiger partial charge on any atom is 0.261 e. The average molecular weight is 365 g/mol. The molecule has 24 heavy (non-hydrogen) atoms. The second-order valence-corrected chi connectivity index (χ2v) is 6.00. The van der Waals surface area contributed by atoms with Crippen LogP contribution in [0.1, 0.15) is 21.6 Å². The minimum absolute atomic E-state index is 0.200. The molecule has 0 spiro atoms. The zero-order chi connectivity index (χ0) is 17.3. The molecular weight excluding hydrogens is 351 g/mol. The van der Waals surface area contributed by atoms with E-state index in [4.69, 9.17) is 23.2 Å². The van der Waals surface area contributed by atoms with Crippen molar-refractivity contribution in [1.82, 2.24) is 24.5 Å². The molecule has 0 saturated carbocycles. The SMILES string of the molecule is Cc1c(C(=O)Nc2ncn(Cc3c(Cl)cccc3Cl)n2)cnn1C. The Morgan fingerprint density at radius 3 is 2.62 bits per heavy atom. The van der Waals surface area contributed by atoms with Crippen molar-refractivity contribution in [3.05, 3.63) is 57.6 Å². The van der Waals surface area contributed by atoms with Crippen LogP contribution in [0.5, 0.6) is 0 Å². The lowest BCUT2D eigenvalue weighted by atomic mass is 10.2. The van der Waals surface area contributed by atoms with E-state index >= 15 is 0 Å². The summed E-state index contributed by atoms with van der Waals surface area (Å²) in [5.41, 5.74) is 1.98. The lowest BCUT2D eigenvalue weighted by molar-refractivity contribution is 0.102. The molecule has 0 aliphatic heterocycles. The first-order chi connectivity index (χ1) is 11.5. The molecule has 0 aliphatic carbocycles. The number of nitrogens with one attached hydrogen (secondary N) is 1. The van der Waals surface area contributed by atoms with Gasteiger partial charge in [-0.15, -0.1) is 5.10 Å². The van der Waals surface area contributed by atoms with E-state index < -0.39 is 0 Å². The molecule has 3 rings (SSSR count). The highest BCUT2D eigenvalue weighted by molar-refractivity contribution is 6.35. The third-order valence-corrected chi connectivity index (χ3v) is 4.33. The van der Waals surface area contributed by atoms with Gasteiger partial charge in [0.2, 0.25) is 5.95 Å². The monoisotopic (exact) mass is 364 g/mol. The van der Waals surface area contributed by atoms with Gasteiger partial charge in [0.25, 0.3) is 5.91 Å². The molecule has 2 aromatic heterocycles. The fraction of sp³-hybridized carbons (Fsp3) is 0.200. The van der Waals surface area contributed by atoms with Crippen LogP contribution in [-0.4, -0.2) is 30.5 Å². The highest BCUT2D eigenvalue weighted by atomic mass is 35.5. The minimum atomic E-state index is -0.311. The van der Waals surface area contributed by atoms with E-state index in [0.29, 0.717) is 22.2 Å². The van der Waals surface area contributed by atoms with Gasteiger partial charge in [-0.25, -0.2) is 9.67 Å². The number of hydrogen-bond donors (Lipinski definition) is 1. The Morgan fingerprint density at radius 1 is 1.29 bits per heavy atom. The zero-order valence-electron chi connectivity index (χ0n) is 13.0. The molecule has 0 radical (unpaired) electrons. The predicted molar refractivity (Wildman–Crippen MR) is 91.5 cm³/mol. The Balaban J connectivity index is 1.74. The topological polar surface area (TPSA) is 77.6 Å². The van der Waals surface area contributed by atoms with Crippen LogP contribution in [-0.2, 0) is 13.6 Å². The normalized spacial score (nSPS) is 10.8. The van der Waals surface area contributed by atoms with E-state index in [2.05, 4.69) is 20.5 Å². The van der Waals surface area contributed by atoms with E-state index in [-0.39, 0.29) is 11.9 Å². The van der Waals surface area contributed by atoms with Gasteiger partial charge in [-0.3, -0.25) is 14.8 Å². The molecule has 1 aromatic carbocycles. The Bertz CT molecular complexity index is 881. The van der Waals surface area contributed by atoms with Crippen molar-refractivity contribution >= 4 is 35.1 Å². The van der Waals surface area contributed by atoms with Crippen LogP contribution < -0.4 is 5.32 Å². The molecule has 0 bridgehead atoms. The van der Waals surface area contributed by atoms with Gasteiger partial charge in [-0.1, -0.05) is 29.3 Å². The summed E-state index contributed by atoms with van der Waals surface area (Å²) in [6.45, 7) is 2.17. The van der Waals surface area contributed by atoms with Crippen LogP contribution in [0.4, 0.5) is 5.95 Å². The van der Waals surface area contributed by atoms with Crippen molar-refractivity contribution in [1.29, 1.82) is 0 Å². The molecule has 2 heterocycles. The van der Waals surface area contributed by atoms with Crippen molar-refractivity contribution in [3.63, 3.8) is 0 Å². The number of carbonyl (C=O) groups excluding carboxylic acids is 1. The molecule has 3 aromatic rings. The van der Waals surface area contributed by atoms with Crippen LogP contribution in [0, 0.1) is 6.92 Å². The van der Waals surface area contributed by atoms with Gasteiger partial charge in [0.15, 0.2) is 0 Å². The van der Waals surface area contributed by atoms with Gasteiger partial charge in [-0.05, 0) is 19.1 Å². The van der Waals surface area contributed by atoms with E-state index in [1.807, 2.05) is 6.92 Å². The lowest BCUT2D eigenvalue weighted by Gasteiger charge is -2.06. The largest absolute Gasteiger partial charge is 0.289 e. The van der Waals surface area contributed by atoms with Crippen LogP contribution in [0.25, 0.3) is 0 Å². The third kappa shape index (κ3) is 3.27. The van der Waals surface area contributed by atoms with Crippen molar-refractivity contribution in [2.24, 2.45) is 7.05 Å². The first kappa shape index (κ1) is 16.5. The number of hydrogen-bond acceptors (Lipinski definition) is 4. The summed E-state index contributed by atoms with van der Waals surface area (Å²) in [7, 11) is 1.77. The molecule has 9 heteroatoms. The van der Waals surface area contributed by atoms with Crippen molar-refractivity contribution < 1.29 is 4.79 Å². The summed E-state index contributed by atoms with van der Waals surface area (Å²) in [5.74, 6) is -0.111. The van der Waals surface area contributed by atoms with Crippen LogP contribution in [0.2, 0.25) is 10.0 Å². The molecule has 7 nitrogen and oxygen atoms in total. The highest BCUT2D eigenvalue weighted by Crippen LogP contribution is 2.24. The van der Waals surface area contributed by atoms with Gasteiger partial charge in [0.05, 0.1) is 18.3 Å². The molecule has 0 fully saturated rings. The summed E-state index contributed by atoms with van der Waals surface area (Å²) in [4.78, 5) is 16.3. The van der Waals surface area contributed by atoms with Crippen molar-refractivity contribution in [2.75, 3.05) is 5.32 Å². The maximum atomic E-state index is 12.2. The number of amides is 1. The minimum Gasteiger partial charge on any atom is -0.289 e. The first-order valence-electron chi connectivity index (χ1n) is 7.08. The Hall–Kier alpha value is -2.38. The molecule has 0 atom stereocenters. The maximum absolute atomic E-state index is 12.2. The van der Waals surface area contributed by atoms with Crippen molar-refractivity contribution in [3.8, 4) is 0 Å². The molecule has 0 saturated heterocycles. The number of aromatic nitrogens is 5. The predicted octanol–water partition coefficient (Wildman–Crippen LogP) is 2.93. The van der Waals surface area contributed by atoms with E-state index in [0.717, 1.165) is 11.3 Å². The van der Waals surface area contributed by atoms with E-state index in [1.165, 1.54) is 12.5 Å². The number of halogens is 2. The van der Waals surface area contributed by atoms with Gasteiger partial charge in [0.1, 0.15) is 6.33 Å². The van der Waals surface area contributed by atoms with Gasteiger partial charge < -0.3 is 0 Å². The standard InChI is InChI=1S/C15H14Cl2N6O/c1-9-10(6-19-22(9)2)14(24)20-15-18-8-23(21-15)7-11-12(16)4-3-5-13(11)17/h3-6,8H,7H2,1-2H3,(H,20,21,24). The summed E-state index contributed by atoms with van der Waals surface area (Å²) >= 11 is 12.3. The number of aryl methyl sites for hydroxylation is 1. The van der Waals surface area contributed by atoms with Crippen LogP contribution in [0.3, 0.4) is 0 Å². The number of anilines is 1. The van der Waals surface area contributed by atoms with Crippen molar-refractivity contribution in [2.45, 2.75) is 13.5 Å². The number of benzene rings is 1. The number of nitrogens with zero attached hydrogens (tertiary/aromatic N) is 5. The van der Waals surface area contributed by atoms with Crippen LogP contribution >= 0.6 is 23.2 Å². The number of rotatable bonds is 4. The first-order valence-corrected chi connectivity index (χ1v) is 7.83. The van der Waals surface area contributed by atoms with Crippen LogP contribution in [0.15, 0.2) is 30.7 Å². The van der Waals surface area contributed by atoms with E-state index in [1.54, 1.807) is 34.6 Å². The molecule has 1 amide bonds. The third-order valence-electron chi connectivity index (χ3n) is 3.62. The second-order valence-electron chi connectivity index (χ2n) is 5.19. The fourth-order valence-electron chi connectivity index (χ4n) is 2.16. The van der Waals surface area contributed by atoms with Gasteiger partial charge >= 0.3 is 0 Å². The quantitative estimate of drug-likeness (QED) is 0.771. The summed E-state index contributed by atoms with van der Waals surface area (Å²) < 4.78 is 3.18.